The highest BCUT2D eigenvalue weighted by Gasteiger charge is 2.27. The van der Waals surface area contributed by atoms with Gasteiger partial charge < -0.3 is 5.32 Å². The lowest BCUT2D eigenvalue weighted by Crippen LogP contribution is -2.41. The van der Waals surface area contributed by atoms with Gasteiger partial charge in [-0.25, -0.2) is 13.6 Å². The van der Waals surface area contributed by atoms with Crippen LogP contribution in [0.3, 0.4) is 0 Å². The minimum absolute atomic E-state index is 0. The van der Waals surface area contributed by atoms with Crippen LogP contribution in [0.5, 0.6) is 0 Å². The van der Waals surface area contributed by atoms with Crippen LogP contribution in [-0.2, 0) is 10.0 Å². The molecule has 0 saturated carbocycles. The highest BCUT2D eigenvalue weighted by Crippen LogP contribution is 2.18. The molecule has 0 aliphatic carbocycles. The van der Waals surface area contributed by atoms with Crippen molar-refractivity contribution in [1.29, 1.82) is 0 Å². The molecule has 0 amide bonds. The van der Waals surface area contributed by atoms with E-state index in [1.165, 1.54) is 0 Å². The molecule has 0 bridgehead atoms. The Balaban J connectivity index is 0.00000144. The lowest BCUT2D eigenvalue weighted by Gasteiger charge is -2.26. The first-order chi connectivity index (χ1) is 5.52. The summed E-state index contributed by atoms with van der Waals surface area (Å²) in [7, 11) is -3.34. The van der Waals surface area contributed by atoms with Gasteiger partial charge in [0.1, 0.15) is 0 Å². The van der Waals surface area contributed by atoms with Crippen molar-refractivity contribution in [3.8, 4) is 0 Å². The summed E-state index contributed by atoms with van der Waals surface area (Å²) < 4.78 is 22.0. The predicted molar refractivity (Wildman–Crippen MR) is 55.4 cm³/mol. The van der Waals surface area contributed by atoms with Crippen LogP contribution in [-0.4, -0.2) is 26.8 Å². The zero-order valence-corrected chi connectivity index (χ0v) is 9.33. The van der Waals surface area contributed by atoms with Gasteiger partial charge in [-0.3, -0.25) is 0 Å². The molecule has 0 aromatic rings. The van der Waals surface area contributed by atoms with Crippen molar-refractivity contribution in [1.82, 2.24) is 5.32 Å². The van der Waals surface area contributed by atoms with E-state index < -0.39 is 15.3 Å². The van der Waals surface area contributed by atoms with Gasteiger partial charge in [0.25, 0.3) is 0 Å². The van der Waals surface area contributed by atoms with E-state index in [0.717, 1.165) is 25.9 Å². The molecule has 0 spiro atoms. The number of primary sulfonamides is 1. The summed E-state index contributed by atoms with van der Waals surface area (Å²) in [5.74, 6) is 0.189. The van der Waals surface area contributed by atoms with Crippen LogP contribution in [0.4, 0.5) is 0 Å². The van der Waals surface area contributed by atoms with E-state index in [9.17, 15) is 8.42 Å². The van der Waals surface area contributed by atoms with E-state index in [1.54, 1.807) is 6.92 Å². The molecule has 2 unspecified atom stereocenters. The number of nitrogens with one attached hydrogen (secondary N) is 1. The van der Waals surface area contributed by atoms with Crippen LogP contribution < -0.4 is 10.5 Å². The van der Waals surface area contributed by atoms with Gasteiger partial charge in [-0.05, 0) is 38.8 Å². The first-order valence-electron chi connectivity index (χ1n) is 4.24. The number of nitrogens with two attached hydrogens (primary N) is 1. The third-order valence-corrected chi connectivity index (χ3v) is 3.94. The second-order valence-electron chi connectivity index (χ2n) is 3.40. The normalized spacial score (nSPS) is 26.2. The Bertz CT molecular complexity index is 237. The topological polar surface area (TPSA) is 72.2 Å². The fourth-order valence-electron chi connectivity index (χ4n) is 1.55. The van der Waals surface area contributed by atoms with Crippen LogP contribution >= 0.6 is 12.4 Å². The highest BCUT2D eigenvalue weighted by molar-refractivity contribution is 7.89. The average Bonchev–Trinajstić information content (AvgIpc) is 2.03. The maximum atomic E-state index is 11.0. The number of rotatable bonds is 2. The van der Waals surface area contributed by atoms with Crippen LogP contribution in [0.15, 0.2) is 0 Å². The first kappa shape index (κ1) is 13.2. The smallest absolute Gasteiger partial charge is 0.212 e. The van der Waals surface area contributed by atoms with Gasteiger partial charge in [-0.15, -0.1) is 12.4 Å². The van der Waals surface area contributed by atoms with E-state index in [4.69, 9.17) is 5.14 Å². The Kier molecular flexibility index (Phi) is 5.21. The molecule has 0 radical (unpaired) electrons. The second-order valence-corrected chi connectivity index (χ2v) is 5.32. The van der Waals surface area contributed by atoms with E-state index >= 15 is 0 Å². The van der Waals surface area contributed by atoms with Crippen molar-refractivity contribution in [3.05, 3.63) is 0 Å². The molecule has 1 saturated heterocycles. The number of hydrogen-bond acceptors (Lipinski definition) is 3. The van der Waals surface area contributed by atoms with Crippen molar-refractivity contribution < 1.29 is 8.42 Å². The van der Waals surface area contributed by atoms with Gasteiger partial charge in [0, 0.05) is 0 Å². The van der Waals surface area contributed by atoms with Crippen LogP contribution in [0.1, 0.15) is 19.8 Å². The standard InChI is InChI=1S/C7H16N2O2S.ClH/c1-6(12(8,10)11)7-3-2-4-9-5-7;/h6-7,9H,2-5H2,1H3,(H2,8,10,11);1H. The molecule has 1 rings (SSSR count). The van der Waals surface area contributed by atoms with Gasteiger partial charge in [0.15, 0.2) is 0 Å². The highest BCUT2D eigenvalue weighted by atomic mass is 35.5. The van der Waals surface area contributed by atoms with Crippen molar-refractivity contribution in [2.45, 2.75) is 25.0 Å². The van der Waals surface area contributed by atoms with Crippen molar-refractivity contribution in [2.24, 2.45) is 11.1 Å². The van der Waals surface area contributed by atoms with Gasteiger partial charge >= 0.3 is 0 Å². The average molecular weight is 229 g/mol. The minimum Gasteiger partial charge on any atom is -0.316 e. The van der Waals surface area contributed by atoms with Gasteiger partial charge in [-0.1, -0.05) is 0 Å². The summed E-state index contributed by atoms with van der Waals surface area (Å²) >= 11 is 0. The zero-order chi connectivity index (χ0) is 9.19. The molecule has 3 N–H and O–H groups in total. The predicted octanol–water partition coefficient (Wildman–Crippen LogP) is 0.0848. The maximum absolute atomic E-state index is 11.0. The number of piperidine rings is 1. The number of sulfonamides is 1. The van der Waals surface area contributed by atoms with Crippen LogP contribution in [0.2, 0.25) is 0 Å². The Morgan fingerprint density at radius 3 is 2.54 bits per heavy atom. The molecular weight excluding hydrogens is 212 g/mol. The van der Waals surface area contributed by atoms with Crippen molar-refractivity contribution >= 4 is 22.4 Å². The first-order valence-corrected chi connectivity index (χ1v) is 5.85. The molecule has 1 aliphatic rings. The number of hydrogen-bond donors (Lipinski definition) is 2. The van der Waals surface area contributed by atoms with E-state index in [1.807, 2.05) is 0 Å². The largest absolute Gasteiger partial charge is 0.316 e. The molecular formula is C7H17ClN2O2S. The van der Waals surface area contributed by atoms with Gasteiger partial charge in [0.2, 0.25) is 10.0 Å². The fraction of sp³-hybridized carbons (Fsp3) is 1.00. The van der Waals surface area contributed by atoms with E-state index in [2.05, 4.69) is 5.32 Å². The van der Waals surface area contributed by atoms with Crippen LogP contribution in [0, 0.1) is 5.92 Å². The molecule has 1 aliphatic heterocycles. The lowest BCUT2D eigenvalue weighted by molar-refractivity contribution is 0.367. The SMILES string of the molecule is CC(C1CCCNC1)S(N)(=O)=O.Cl. The molecule has 0 aromatic carbocycles. The van der Waals surface area contributed by atoms with Gasteiger partial charge in [-0.2, -0.15) is 0 Å². The Hall–Kier alpha value is 0.160. The summed E-state index contributed by atoms with van der Waals surface area (Å²) in [6.07, 6.45) is 2.01. The summed E-state index contributed by atoms with van der Waals surface area (Å²) in [5, 5.41) is 7.81. The summed E-state index contributed by atoms with van der Waals surface area (Å²) in [5.41, 5.74) is 0. The molecule has 2 atom stereocenters. The Morgan fingerprint density at radius 1 is 1.54 bits per heavy atom. The molecule has 13 heavy (non-hydrogen) atoms. The summed E-state index contributed by atoms with van der Waals surface area (Å²) in [6.45, 7) is 3.46. The van der Waals surface area contributed by atoms with E-state index in [0.29, 0.717) is 0 Å². The Labute approximate surface area is 85.7 Å². The summed E-state index contributed by atoms with van der Waals surface area (Å²) in [4.78, 5) is 0. The fourth-order valence-corrected chi connectivity index (χ4v) is 2.32. The van der Waals surface area contributed by atoms with E-state index in [-0.39, 0.29) is 18.3 Å². The van der Waals surface area contributed by atoms with Crippen molar-refractivity contribution in [3.63, 3.8) is 0 Å². The van der Waals surface area contributed by atoms with Crippen LogP contribution in [0.25, 0.3) is 0 Å². The van der Waals surface area contributed by atoms with Crippen molar-refractivity contribution in [2.75, 3.05) is 13.1 Å². The quantitative estimate of drug-likeness (QED) is 0.704. The third-order valence-electron chi connectivity index (χ3n) is 2.52. The third kappa shape index (κ3) is 3.81. The monoisotopic (exact) mass is 228 g/mol. The number of halogens is 1. The van der Waals surface area contributed by atoms with Gasteiger partial charge in [0.05, 0.1) is 5.25 Å². The summed E-state index contributed by atoms with van der Waals surface area (Å²) in [6, 6.07) is 0. The minimum atomic E-state index is -3.34. The Morgan fingerprint density at radius 2 is 2.15 bits per heavy atom. The molecule has 6 heteroatoms. The molecule has 4 nitrogen and oxygen atoms in total. The lowest BCUT2D eigenvalue weighted by atomic mass is 9.97. The molecule has 80 valence electrons. The molecule has 1 fully saturated rings. The second kappa shape index (κ2) is 5.14. The molecule has 0 aromatic heterocycles. The maximum Gasteiger partial charge on any atom is 0.212 e. The molecule has 1 heterocycles. The zero-order valence-electron chi connectivity index (χ0n) is 7.69.